The molecule has 6 heterocycles. The number of H-pyrrole nitrogens is 1. The number of ether oxygens (including phenoxy) is 1. The van der Waals surface area contributed by atoms with Gasteiger partial charge in [0.1, 0.15) is 5.75 Å². The van der Waals surface area contributed by atoms with Crippen molar-refractivity contribution in [3.63, 3.8) is 0 Å². The Kier molecular flexibility index (Phi) is 8.60. The summed E-state index contributed by atoms with van der Waals surface area (Å²) in [4.78, 5) is 46.4. The van der Waals surface area contributed by atoms with E-state index < -0.39 is 17.5 Å². The van der Waals surface area contributed by atoms with Gasteiger partial charge in [0.05, 0.1) is 29.6 Å². The second-order valence-electron chi connectivity index (χ2n) is 11.4. The van der Waals surface area contributed by atoms with E-state index in [2.05, 4.69) is 31.8 Å². The molecule has 1 saturated heterocycles. The van der Waals surface area contributed by atoms with Crippen molar-refractivity contribution >= 4 is 17.1 Å². The largest absolute Gasteiger partial charge is 0.452 e. The van der Waals surface area contributed by atoms with Gasteiger partial charge >= 0.3 is 11.9 Å². The van der Waals surface area contributed by atoms with Crippen molar-refractivity contribution in [1.29, 1.82) is 0 Å². The van der Waals surface area contributed by atoms with Crippen LogP contribution in [0.25, 0.3) is 11.2 Å². The van der Waals surface area contributed by atoms with Crippen molar-refractivity contribution in [3.8, 4) is 11.5 Å². The third-order valence-corrected chi connectivity index (χ3v) is 8.50. The molecule has 0 aliphatic carbocycles. The van der Waals surface area contributed by atoms with E-state index in [9.17, 15) is 22.8 Å². The number of nitrogens with one attached hydrogen (secondary N) is 1. The summed E-state index contributed by atoms with van der Waals surface area (Å²) in [7, 11) is 0. The number of hydrogen-bond donors (Lipinski definition) is 1. The highest BCUT2D eigenvalue weighted by Crippen LogP contribution is 2.35. The van der Waals surface area contributed by atoms with Gasteiger partial charge in [0, 0.05) is 70.2 Å². The molecule has 1 unspecified atom stereocenters. The third-order valence-electron chi connectivity index (χ3n) is 8.50. The van der Waals surface area contributed by atoms with Gasteiger partial charge in [-0.2, -0.15) is 13.2 Å². The van der Waals surface area contributed by atoms with E-state index >= 15 is 0 Å². The molecule has 4 aromatic heterocycles. The van der Waals surface area contributed by atoms with Gasteiger partial charge in [-0.25, -0.2) is 9.78 Å². The van der Waals surface area contributed by atoms with Crippen molar-refractivity contribution in [2.45, 2.75) is 51.9 Å². The summed E-state index contributed by atoms with van der Waals surface area (Å²) < 4.78 is 53.5. The van der Waals surface area contributed by atoms with Crippen LogP contribution < -0.4 is 10.5 Å². The van der Waals surface area contributed by atoms with Crippen LogP contribution in [0.2, 0.25) is 0 Å². The molecule has 0 radical (unpaired) electrons. The first-order valence-corrected chi connectivity index (χ1v) is 15.0. The van der Waals surface area contributed by atoms with E-state index in [1.165, 1.54) is 12.4 Å². The second kappa shape index (κ2) is 12.6. The number of aromatic nitrogens is 4. The maximum atomic E-state index is 14.1. The number of carbonyl (C=O) groups excluding carboxylic acids is 1. The van der Waals surface area contributed by atoms with Crippen molar-refractivity contribution in [2.75, 3.05) is 39.3 Å². The summed E-state index contributed by atoms with van der Waals surface area (Å²) in [6, 6.07) is 4.41. The lowest BCUT2D eigenvalue weighted by Crippen LogP contribution is -2.45. The molecule has 4 aromatic rings. The van der Waals surface area contributed by atoms with E-state index in [1.54, 1.807) is 23.2 Å². The summed E-state index contributed by atoms with van der Waals surface area (Å²) in [6.07, 6.45) is 0.359. The molecule has 45 heavy (non-hydrogen) atoms. The standard InChI is InChI=1S/C31H34F3N7O4/c1-3-20-16-41(17-21-13-22(15-37-27(20)21)44-25-5-6-35-29-28(25)45-30(43)38-29)26(42)12-19-11-23(31(32,33)34)24(36-14-19)18-40-9-7-39(4-2)8-10-40/h5-6,11,13-15,20H,3-4,7-10,12,16-18H2,1-2H3,(H,35,38,43). The SMILES string of the molecule is CCC1CN(C(=O)Cc2cnc(CN3CCN(CC)CC3)c(C(F)(F)F)c2)Cc2cc(Oc3ccnc4[nH]c(=O)oc34)cnc21. The highest BCUT2D eigenvalue weighted by molar-refractivity contribution is 5.79. The zero-order valence-corrected chi connectivity index (χ0v) is 25.1. The summed E-state index contributed by atoms with van der Waals surface area (Å²) in [5.74, 6) is -0.361. The molecule has 2 aliphatic heterocycles. The molecule has 6 rings (SSSR count). The Balaban J connectivity index is 1.18. The Morgan fingerprint density at radius 3 is 2.60 bits per heavy atom. The van der Waals surface area contributed by atoms with Gasteiger partial charge in [0.2, 0.25) is 11.5 Å². The zero-order chi connectivity index (χ0) is 31.7. The molecule has 1 fully saturated rings. The number of halogens is 3. The Morgan fingerprint density at radius 1 is 1.09 bits per heavy atom. The van der Waals surface area contributed by atoms with Gasteiger partial charge < -0.3 is 19.0 Å². The molecule has 0 aromatic carbocycles. The number of amides is 1. The van der Waals surface area contributed by atoms with Crippen LogP contribution in [0.3, 0.4) is 0 Å². The van der Waals surface area contributed by atoms with Crippen LogP contribution in [0.4, 0.5) is 13.2 Å². The first kappa shape index (κ1) is 30.7. The van der Waals surface area contributed by atoms with Crippen LogP contribution in [0.5, 0.6) is 11.5 Å². The lowest BCUT2D eigenvalue weighted by molar-refractivity contribution is -0.139. The van der Waals surface area contributed by atoms with Gasteiger partial charge in [-0.3, -0.25) is 24.6 Å². The van der Waals surface area contributed by atoms with Crippen molar-refractivity contribution in [1.82, 2.24) is 34.6 Å². The van der Waals surface area contributed by atoms with E-state index in [-0.39, 0.29) is 59.6 Å². The lowest BCUT2D eigenvalue weighted by Gasteiger charge is -2.34. The molecule has 0 spiro atoms. The number of pyridine rings is 3. The molecular formula is C31H34F3N7O4. The molecule has 14 heteroatoms. The molecule has 0 saturated carbocycles. The third kappa shape index (κ3) is 6.71. The van der Waals surface area contributed by atoms with Crippen LogP contribution in [0.15, 0.2) is 46.0 Å². The van der Waals surface area contributed by atoms with Gasteiger partial charge in [-0.15, -0.1) is 0 Å². The molecule has 0 bridgehead atoms. The summed E-state index contributed by atoms with van der Waals surface area (Å²) in [5, 5.41) is 0. The maximum absolute atomic E-state index is 14.1. The fourth-order valence-corrected chi connectivity index (χ4v) is 5.99. The Morgan fingerprint density at radius 2 is 1.87 bits per heavy atom. The lowest BCUT2D eigenvalue weighted by atomic mass is 9.92. The number of fused-ring (bicyclic) bond motifs is 2. The summed E-state index contributed by atoms with van der Waals surface area (Å²) >= 11 is 0. The second-order valence-corrected chi connectivity index (χ2v) is 11.4. The van der Waals surface area contributed by atoms with Crippen LogP contribution in [-0.4, -0.2) is 79.8 Å². The van der Waals surface area contributed by atoms with Gasteiger partial charge in [-0.05, 0) is 36.2 Å². The smallest absolute Gasteiger partial charge is 0.418 e. The van der Waals surface area contributed by atoms with Gasteiger partial charge in [-0.1, -0.05) is 13.8 Å². The number of piperazine rings is 1. The molecule has 1 N–H and O–H groups in total. The normalized spacial score (nSPS) is 17.9. The fourth-order valence-electron chi connectivity index (χ4n) is 5.99. The molecule has 1 atom stereocenters. The van der Waals surface area contributed by atoms with Crippen molar-refractivity contribution in [2.24, 2.45) is 0 Å². The Bertz CT molecular complexity index is 1750. The van der Waals surface area contributed by atoms with E-state index in [4.69, 9.17) is 9.15 Å². The molecule has 238 valence electrons. The summed E-state index contributed by atoms with van der Waals surface area (Å²) in [6.45, 7) is 8.69. The van der Waals surface area contributed by atoms with Crippen LogP contribution in [-0.2, 0) is 30.5 Å². The summed E-state index contributed by atoms with van der Waals surface area (Å²) in [5.41, 5.74) is 1.42. The molecule has 1 amide bonds. The van der Waals surface area contributed by atoms with E-state index in [1.807, 2.05) is 11.8 Å². The minimum absolute atomic E-state index is 0.0226. The molecule has 11 nitrogen and oxygen atoms in total. The van der Waals surface area contributed by atoms with Gasteiger partial charge in [0.15, 0.2) is 11.4 Å². The average Bonchev–Trinajstić information content (AvgIpc) is 3.42. The van der Waals surface area contributed by atoms with Crippen LogP contribution in [0, 0.1) is 0 Å². The molecular weight excluding hydrogens is 591 g/mol. The van der Waals surface area contributed by atoms with E-state index in [0.29, 0.717) is 31.8 Å². The minimum atomic E-state index is -4.59. The first-order chi connectivity index (χ1) is 21.6. The number of alkyl halides is 3. The predicted octanol–water partition coefficient (Wildman–Crippen LogP) is 4.33. The zero-order valence-electron chi connectivity index (χ0n) is 25.1. The average molecular weight is 626 g/mol. The predicted molar refractivity (Wildman–Crippen MR) is 158 cm³/mol. The van der Waals surface area contributed by atoms with Crippen LogP contribution in [0.1, 0.15) is 54.3 Å². The number of carbonyl (C=O) groups is 1. The van der Waals surface area contributed by atoms with Crippen LogP contribution >= 0.6 is 0 Å². The number of likely N-dealkylation sites (N-methyl/N-ethyl adjacent to an activating group) is 1. The highest BCUT2D eigenvalue weighted by Gasteiger charge is 2.36. The van der Waals surface area contributed by atoms with Crippen molar-refractivity contribution < 1.29 is 27.1 Å². The Labute approximate surface area is 257 Å². The number of hydrogen-bond acceptors (Lipinski definition) is 9. The number of oxazole rings is 1. The number of nitrogens with zero attached hydrogens (tertiary/aromatic N) is 6. The minimum Gasteiger partial charge on any atom is -0.452 e. The number of rotatable bonds is 8. The fraction of sp³-hybridized carbons (Fsp3) is 0.452. The Hall–Kier alpha value is -4.30. The first-order valence-electron chi connectivity index (χ1n) is 15.0. The molecule has 2 aliphatic rings. The quantitative estimate of drug-likeness (QED) is 0.305. The van der Waals surface area contributed by atoms with Crippen molar-refractivity contribution in [3.05, 3.63) is 75.4 Å². The maximum Gasteiger partial charge on any atom is 0.418 e. The monoisotopic (exact) mass is 625 g/mol. The van der Waals surface area contributed by atoms with Gasteiger partial charge in [0.25, 0.3) is 0 Å². The topological polar surface area (TPSA) is 121 Å². The van der Waals surface area contributed by atoms with E-state index in [0.717, 1.165) is 37.0 Å². The highest BCUT2D eigenvalue weighted by atomic mass is 19.4. The number of aromatic amines is 1.